The summed E-state index contributed by atoms with van der Waals surface area (Å²) in [5, 5.41) is 23.0. The zero-order valence-corrected chi connectivity index (χ0v) is 10.1. The summed E-state index contributed by atoms with van der Waals surface area (Å²) in [4.78, 5) is 11.3. The normalized spacial score (nSPS) is 14.9. The predicted octanol–water partition coefficient (Wildman–Crippen LogP) is 1.75. The third-order valence-electron chi connectivity index (χ3n) is 2.72. The smallest absolute Gasteiger partial charge is 0.307 e. The van der Waals surface area contributed by atoms with Gasteiger partial charge in [0.1, 0.15) is 0 Å². The quantitative estimate of drug-likeness (QED) is 0.706. The van der Waals surface area contributed by atoms with E-state index in [0.717, 1.165) is 6.42 Å². The molecule has 0 saturated carbocycles. The third kappa shape index (κ3) is 3.65. The van der Waals surface area contributed by atoms with Crippen molar-refractivity contribution in [1.29, 1.82) is 0 Å². The summed E-state index contributed by atoms with van der Waals surface area (Å²) in [6, 6.07) is 0. The molecule has 0 aromatic carbocycles. The van der Waals surface area contributed by atoms with E-state index in [1.807, 2.05) is 26.0 Å². The number of rotatable bonds is 7. The number of carboxylic acid groups (broad SMARTS) is 1. The lowest BCUT2D eigenvalue weighted by Gasteiger charge is -2.19. The summed E-state index contributed by atoms with van der Waals surface area (Å²) < 4.78 is 0. The van der Waals surface area contributed by atoms with Crippen LogP contribution < -0.4 is 0 Å². The summed E-state index contributed by atoms with van der Waals surface area (Å²) in [7, 11) is 0. The number of carbonyl (C=O) groups is 1. The van der Waals surface area contributed by atoms with Crippen LogP contribution in [0.5, 0.6) is 0 Å². The van der Waals surface area contributed by atoms with Gasteiger partial charge in [-0.2, -0.15) is 5.21 Å². The Morgan fingerprint density at radius 1 is 1.59 bits per heavy atom. The fraction of sp³-hybridized carbons (Fsp3) is 0.636. The van der Waals surface area contributed by atoms with E-state index in [1.54, 1.807) is 0 Å². The van der Waals surface area contributed by atoms with Crippen LogP contribution in [-0.4, -0.2) is 31.7 Å². The van der Waals surface area contributed by atoms with Gasteiger partial charge >= 0.3 is 5.97 Å². The van der Waals surface area contributed by atoms with Crippen LogP contribution in [0.2, 0.25) is 0 Å². The van der Waals surface area contributed by atoms with E-state index in [0.29, 0.717) is 18.7 Å². The molecule has 0 saturated heterocycles. The first-order valence-electron chi connectivity index (χ1n) is 5.78. The Morgan fingerprint density at radius 3 is 2.82 bits per heavy atom. The number of aromatic amines is 1. The van der Waals surface area contributed by atoms with Crippen molar-refractivity contribution in [3.05, 3.63) is 18.0 Å². The average molecular weight is 238 g/mol. The molecule has 0 aliphatic heterocycles. The Morgan fingerprint density at radius 2 is 2.35 bits per heavy atom. The molecular weight excluding hydrogens is 220 g/mol. The van der Waals surface area contributed by atoms with Crippen molar-refractivity contribution in [2.75, 3.05) is 0 Å². The van der Waals surface area contributed by atoms with Crippen LogP contribution >= 0.6 is 0 Å². The molecule has 1 aromatic rings. The molecule has 2 N–H and O–H groups in total. The maximum Gasteiger partial charge on any atom is 0.307 e. The monoisotopic (exact) mass is 238 g/mol. The van der Waals surface area contributed by atoms with E-state index in [9.17, 15) is 9.90 Å². The Balaban J connectivity index is 2.90. The second-order valence-corrected chi connectivity index (χ2v) is 3.91. The molecule has 1 heterocycles. The summed E-state index contributed by atoms with van der Waals surface area (Å²) in [5.74, 6) is -1.01. The van der Waals surface area contributed by atoms with Gasteiger partial charge in [-0.15, -0.1) is 10.2 Å². The van der Waals surface area contributed by atoms with Crippen LogP contribution in [0.25, 0.3) is 0 Å². The summed E-state index contributed by atoms with van der Waals surface area (Å²) in [6.45, 7) is 3.88. The first kappa shape index (κ1) is 13.3. The summed E-state index contributed by atoms with van der Waals surface area (Å²) in [5.41, 5.74) is 0. The maximum absolute atomic E-state index is 11.3. The van der Waals surface area contributed by atoms with Gasteiger partial charge < -0.3 is 5.11 Å². The molecule has 0 radical (unpaired) electrons. The van der Waals surface area contributed by atoms with Crippen LogP contribution in [-0.2, 0) is 4.79 Å². The molecule has 0 fully saturated rings. The molecule has 0 amide bonds. The lowest BCUT2D eigenvalue weighted by atomic mass is 9.85. The molecule has 6 nitrogen and oxygen atoms in total. The minimum Gasteiger partial charge on any atom is -0.481 e. The molecule has 17 heavy (non-hydrogen) atoms. The Kier molecular flexibility index (Phi) is 5.32. The highest BCUT2D eigenvalue weighted by Gasteiger charge is 2.30. The van der Waals surface area contributed by atoms with Crippen LogP contribution in [0.1, 0.15) is 44.9 Å². The third-order valence-corrected chi connectivity index (χ3v) is 2.72. The SMILES string of the molecule is C/C=C/C[C@H](c1nn[nH]n1)[C@H](CCC)C(=O)O. The maximum atomic E-state index is 11.3. The van der Waals surface area contributed by atoms with Gasteiger partial charge in [-0.05, 0) is 19.8 Å². The molecule has 6 heteroatoms. The molecule has 0 aliphatic carbocycles. The Hall–Kier alpha value is -1.72. The van der Waals surface area contributed by atoms with Crippen LogP contribution in [0.3, 0.4) is 0 Å². The lowest BCUT2D eigenvalue weighted by Crippen LogP contribution is -2.23. The van der Waals surface area contributed by atoms with E-state index in [-0.39, 0.29) is 5.92 Å². The number of nitrogens with zero attached hydrogens (tertiary/aromatic N) is 3. The fourth-order valence-corrected chi connectivity index (χ4v) is 1.87. The summed E-state index contributed by atoms with van der Waals surface area (Å²) >= 11 is 0. The minimum atomic E-state index is -0.800. The number of hydrogen-bond acceptors (Lipinski definition) is 4. The van der Waals surface area contributed by atoms with E-state index < -0.39 is 11.9 Å². The highest BCUT2D eigenvalue weighted by molar-refractivity contribution is 5.71. The van der Waals surface area contributed by atoms with Crippen molar-refractivity contribution in [3.8, 4) is 0 Å². The van der Waals surface area contributed by atoms with Crippen LogP contribution in [0, 0.1) is 5.92 Å². The number of aromatic nitrogens is 4. The van der Waals surface area contributed by atoms with Gasteiger partial charge in [0.25, 0.3) is 0 Å². The second-order valence-electron chi connectivity index (χ2n) is 3.91. The van der Waals surface area contributed by atoms with Crippen molar-refractivity contribution in [1.82, 2.24) is 20.6 Å². The van der Waals surface area contributed by atoms with E-state index in [4.69, 9.17) is 0 Å². The van der Waals surface area contributed by atoms with E-state index >= 15 is 0 Å². The molecule has 1 rings (SSSR count). The molecule has 0 aliphatic rings. The summed E-state index contributed by atoms with van der Waals surface area (Å²) in [6.07, 6.45) is 5.89. The number of nitrogens with one attached hydrogen (secondary N) is 1. The van der Waals surface area contributed by atoms with Gasteiger partial charge in [0.15, 0.2) is 5.82 Å². The van der Waals surface area contributed by atoms with Gasteiger partial charge in [0.05, 0.1) is 5.92 Å². The molecular formula is C11H18N4O2. The lowest BCUT2D eigenvalue weighted by molar-refractivity contribution is -0.142. The molecule has 1 aromatic heterocycles. The Bertz CT molecular complexity index is 362. The van der Waals surface area contributed by atoms with Crippen molar-refractivity contribution in [3.63, 3.8) is 0 Å². The molecule has 0 unspecified atom stereocenters. The van der Waals surface area contributed by atoms with Crippen LogP contribution in [0.4, 0.5) is 0 Å². The largest absolute Gasteiger partial charge is 0.481 e. The number of hydrogen-bond donors (Lipinski definition) is 2. The van der Waals surface area contributed by atoms with E-state index in [2.05, 4.69) is 20.6 Å². The van der Waals surface area contributed by atoms with Gasteiger partial charge in [-0.1, -0.05) is 30.7 Å². The number of carboxylic acids is 1. The average Bonchev–Trinajstić information content (AvgIpc) is 2.81. The highest BCUT2D eigenvalue weighted by atomic mass is 16.4. The standard InChI is InChI=1S/C11H18N4O2/c1-3-5-7-8(10-12-14-15-13-10)9(6-4-2)11(16)17/h3,5,8-9H,4,6-7H2,1-2H3,(H,16,17)(H,12,13,14,15)/b5-3+/t8-,9-/m0/s1. The number of allylic oxidation sites excluding steroid dienone is 2. The van der Waals surface area contributed by atoms with Gasteiger partial charge in [0, 0.05) is 5.92 Å². The van der Waals surface area contributed by atoms with Gasteiger partial charge in [0.2, 0.25) is 0 Å². The van der Waals surface area contributed by atoms with E-state index in [1.165, 1.54) is 0 Å². The Labute approximate surface area is 100 Å². The number of H-pyrrole nitrogens is 1. The van der Waals surface area contributed by atoms with Crippen molar-refractivity contribution in [2.45, 2.75) is 39.0 Å². The molecule has 0 bridgehead atoms. The zero-order chi connectivity index (χ0) is 12.7. The molecule has 0 spiro atoms. The number of tetrazole rings is 1. The topological polar surface area (TPSA) is 91.8 Å². The first-order valence-corrected chi connectivity index (χ1v) is 5.78. The van der Waals surface area contributed by atoms with Gasteiger partial charge in [-0.25, -0.2) is 0 Å². The van der Waals surface area contributed by atoms with Crippen molar-refractivity contribution in [2.24, 2.45) is 5.92 Å². The molecule has 94 valence electrons. The second kappa shape index (κ2) is 6.78. The fourth-order valence-electron chi connectivity index (χ4n) is 1.87. The minimum absolute atomic E-state index is 0.220. The number of aliphatic carboxylic acids is 1. The molecule has 2 atom stereocenters. The highest BCUT2D eigenvalue weighted by Crippen LogP contribution is 2.29. The van der Waals surface area contributed by atoms with Gasteiger partial charge in [-0.3, -0.25) is 4.79 Å². The van der Waals surface area contributed by atoms with Crippen LogP contribution in [0.15, 0.2) is 12.2 Å². The van der Waals surface area contributed by atoms with Crippen molar-refractivity contribution >= 4 is 5.97 Å². The predicted molar refractivity (Wildman–Crippen MR) is 62.4 cm³/mol. The van der Waals surface area contributed by atoms with Crippen molar-refractivity contribution < 1.29 is 9.90 Å². The first-order chi connectivity index (χ1) is 8.20. The zero-order valence-electron chi connectivity index (χ0n) is 10.1.